The molecule has 0 aromatic heterocycles. The third kappa shape index (κ3) is 3.92. The van der Waals surface area contributed by atoms with Gasteiger partial charge in [0.1, 0.15) is 12.4 Å². The average molecular weight is 267 g/mol. The Hall–Kier alpha value is -1.20. The van der Waals surface area contributed by atoms with Gasteiger partial charge in [0, 0.05) is 31.1 Å². The van der Waals surface area contributed by atoms with Crippen molar-refractivity contribution in [3.05, 3.63) is 29.8 Å². The SMILES string of the molecule is O=C(O)c1ccc(OCCN2CCSCC2)cc1. The number of aromatic carboxylic acids is 1. The molecule has 0 unspecified atom stereocenters. The van der Waals surface area contributed by atoms with Crippen molar-refractivity contribution in [3.63, 3.8) is 0 Å². The van der Waals surface area contributed by atoms with Crippen molar-refractivity contribution in [1.29, 1.82) is 0 Å². The fourth-order valence-corrected chi connectivity index (χ4v) is 2.79. The summed E-state index contributed by atoms with van der Waals surface area (Å²) >= 11 is 1.99. The predicted octanol–water partition coefficient (Wildman–Crippen LogP) is 1.81. The molecule has 0 aliphatic carbocycles. The van der Waals surface area contributed by atoms with Crippen LogP contribution >= 0.6 is 11.8 Å². The van der Waals surface area contributed by atoms with E-state index in [1.807, 2.05) is 11.8 Å². The molecular formula is C13H17NO3S. The maximum Gasteiger partial charge on any atom is 0.335 e. The highest BCUT2D eigenvalue weighted by Gasteiger charge is 2.09. The number of thioether (sulfide) groups is 1. The van der Waals surface area contributed by atoms with Gasteiger partial charge in [-0.05, 0) is 24.3 Å². The molecule has 0 radical (unpaired) electrons. The van der Waals surface area contributed by atoms with E-state index in [0.717, 1.165) is 25.4 Å². The third-order valence-corrected chi connectivity index (χ3v) is 3.82. The summed E-state index contributed by atoms with van der Waals surface area (Å²) in [6, 6.07) is 6.54. The fraction of sp³-hybridized carbons (Fsp3) is 0.462. The number of carboxylic acid groups (broad SMARTS) is 1. The number of benzene rings is 1. The first-order valence-corrected chi connectivity index (χ1v) is 7.17. The van der Waals surface area contributed by atoms with E-state index in [2.05, 4.69) is 4.90 Å². The number of rotatable bonds is 5. The lowest BCUT2D eigenvalue weighted by atomic mass is 10.2. The molecule has 18 heavy (non-hydrogen) atoms. The molecule has 0 atom stereocenters. The zero-order chi connectivity index (χ0) is 12.8. The van der Waals surface area contributed by atoms with E-state index in [0.29, 0.717) is 6.61 Å². The van der Waals surface area contributed by atoms with Crippen LogP contribution < -0.4 is 4.74 Å². The normalized spacial score (nSPS) is 16.4. The molecular weight excluding hydrogens is 250 g/mol. The summed E-state index contributed by atoms with van der Waals surface area (Å²) in [5.41, 5.74) is 0.287. The average Bonchev–Trinajstić information content (AvgIpc) is 2.40. The second-order valence-corrected chi connectivity index (χ2v) is 5.36. The lowest BCUT2D eigenvalue weighted by Gasteiger charge is -2.25. The van der Waals surface area contributed by atoms with Crippen LogP contribution in [0.2, 0.25) is 0 Å². The Bertz CT molecular complexity index is 388. The molecule has 1 aromatic rings. The molecule has 98 valence electrons. The Morgan fingerprint density at radius 3 is 2.56 bits per heavy atom. The molecule has 0 spiro atoms. The second kappa shape index (κ2) is 6.66. The van der Waals surface area contributed by atoms with E-state index in [9.17, 15) is 4.79 Å². The van der Waals surface area contributed by atoms with Crippen LogP contribution in [0.25, 0.3) is 0 Å². The highest BCUT2D eigenvalue weighted by Crippen LogP contribution is 2.13. The van der Waals surface area contributed by atoms with Crippen molar-refractivity contribution in [2.45, 2.75) is 0 Å². The summed E-state index contributed by atoms with van der Waals surface area (Å²) in [6.45, 7) is 3.84. The minimum atomic E-state index is -0.910. The van der Waals surface area contributed by atoms with Gasteiger partial charge in [0.25, 0.3) is 0 Å². The van der Waals surface area contributed by atoms with Gasteiger partial charge in [0.2, 0.25) is 0 Å². The van der Waals surface area contributed by atoms with Gasteiger partial charge in [-0.2, -0.15) is 11.8 Å². The van der Waals surface area contributed by atoms with Crippen molar-refractivity contribution in [2.24, 2.45) is 0 Å². The monoisotopic (exact) mass is 267 g/mol. The molecule has 1 saturated heterocycles. The molecule has 1 aliphatic rings. The quantitative estimate of drug-likeness (QED) is 0.881. The molecule has 4 nitrogen and oxygen atoms in total. The number of hydrogen-bond donors (Lipinski definition) is 1. The summed E-state index contributed by atoms with van der Waals surface area (Å²) in [6.07, 6.45) is 0. The summed E-state index contributed by atoms with van der Waals surface area (Å²) in [5, 5.41) is 8.77. The summed E-state index contributed by atoms with van der Waals surface area (Å²) in [5.74, 6) is 2.22. The molecule has 2 rings (SSSR count). The Morgan fingerprint density at radius 2 is 1.94 bits per heavy atom. The van der Waals surface area contributed by atoms with Crippen LogP contribution in [0.4, 0.5) is 0 Å². The lowest BCUT2D eigenvalue weighted by Crippen LogP contribution is -2.35. The van der Waals surface area contributed by atoms with E-state index in [1.165, 1.54) is 11.5 Å². The number of nitrogens with zero attached hydrogens (tertiary/aromatic N) is 1. The van der Waals surface area contributed by atoms with Gasteiger partial charge in [-0.1, -0.05) is 0 Å². The van der Waals surface area contributed by atoms with Crippen LogP contribution in [0.3, 0.4) is 0 Å². The largest absolute Gasteiger partial charge is 0.492 e. The van der Waals surface area contributed by atoms with Gasteiger partial charge in [0.15, 0.2) is 0 Å². The van der Waals surface area contributed by atoms with Crippen LogP contribution in [0.15, 0.2) is 24.3 Å². The van der Waals surface area contributed by atoms with Crippen LogP contribution in [0.5, 0.6) is 5.75 Å². The zero-order valence-electron chi connectivity index (χ0n) is 10.2. The van der Waals surface area contributed by atoms with E-state index in [4.69, 9.17) is 9.84 Å². The van der Waals surface area contributed by atoms with E-state index in [1.54, 1.807) is 24.3 Å². The van der Waals surface area contributed by atoms with Crippen LogP contribution in [-0.2, 0) is 0 Å². The maximum atomic E-state index is 10.7. The Morgan fingerprint density at radius 1 is 1.28 bits per heavy atom. The van der Waals surface area contributed by atoms with Gasteiger partial charge >= 0.3 is 5.97 Å². The Labute approximate surface area is 111 Å². The molecule has 0 amide bonds. The molecule has 1 aliphatic heterocycles. The first-order chi connectivity index (χ1) is 8.75. The third-order valence-electron chi connectivity index (χ3n) is 2.88. The van der Waals surface area contributed by atoms with Crippen molar-refractivity contribution < 1.29 is 14.6 Å². The van der Waals surface area contributed by atoms with Crippen LogP contribution in [0.1, 0.15) is 10.4 Å². The van der Waals surface area contributed by atoms with Crippen molar-refractivity contribution in [3.8, 4) is 5.75 Å². The minimum Gasteiger partial charge on any atom is -0.492 e. The van der Waals surface area contributed by atoms with Gasteiger partial charge in [-0.3, -0.25) is 4.90 Å². The predicted molar refractivity (Wildman–Crippen MR) is 72.7 cm³/mol. The molecule has 0 bridgehead atoms. The Kier molecular flexibility index (Phi) is 4.90. The van der Waals surface area contributed by atoms with E-state index in [-0.39, 0.29) is 5.56 Å². The minimum absolute atomic E-state index is 0.287. The van der Waals surface area contributed by atoms with Gasteiger partial charge < -0.3 is 9.84 Å². The van der Waals surface area contributed by atoms with Crippen LogP contribution in [-0.4, -0.2) is 53.7 Å². The molecule has 1 N–H and O–H groups in total. The fourth-order valence-electron chi connectivity index (χ4n) is 1.81. The van der Waals surface area contributed by atoms with Crippen molar-refractivity contribution >= 4 is 17.7 Å². The van der Waals surface area contributed by atoms with Gasteiger partial charge in [-0.15, -0.1) is 0 Å². The standard InChI is InChI=1S/C13H17NO3S/c15-13(16)11-1-3-12(4-2-11)17-8-5-14-6-9-18-10-7-14/h1-4H,5-10H2,(H,15,16). The first-order valence-electron chi connectivity index (χ1n) is 6.02. The second-order valence-electron chi connectivity index (χ2n) is 4.13. The molecule has 1 aromatic carbocycles. The number of carboxylic acids is 1. The number of carbonyl (C=O) groups is 1. The number of ether oxygens (including phenoxy) is 1. The first kappa shape index (κ1) is 13.2. The smallest absolute Gasteiger partial charge is 0.335 e. The highest BCUT2D eigenvalue weighted by molar-refractivity contribution is 7.99. The molecule has 5 heteroatoms. The molecule has 1 fully saturated rings. The summed E-state index contributed by atoms with van der Waals surface area (Å²) < 4.78 is 5.60. The van der Waals surface area contributed by atoms with Crippen molar-refractivity contribution in [1.82, 2.24) is 4.90 Å². The molecule has 0 saturated carbocycles. The zero-order valence-corrected chi connectivity index (χ0v) is 11.0. The lowest BCUT2D eigenvalue weighted by molar-refractivity contribution is 0.0697. The Balaban J connectivity index is 1.74. The topological polar surface area (TPSA) is 49.8 Å². The number of hydrogen-bond acceptors (Lipinski definition) is 4. The van der Waals surface area contributed by atoms with Gasteiger partial charge in [-0.25, -0.2) is 4.79 Å². The van der Waals surface area contributed by atoms with Gasteiger partial charge in [0.05, 0.1) is 5.56 Å². The molecule has 1 heterocycles. The summed E-state index contributed by atoms with van der Waals surface area (Å²) in [4.78, 5) is 13.1. The maximum absolute atomic E-state index is 10.7. The van der Waals surface area contributed by atoms with Crippen molar-refractivity contribution in [2.75, 3.05) is 37.7 Å². The van der Waals surface area contributed by atoms with Crippen LogP contribution in [0, 0.1) is 0 Å². The van der Waals surface area contributed by atoms with E-state index >= 15 is 0 Å². The highest BCUT2D eigenvalue weighted by atomic mass is 32.2. The van der Waals surface area contributed by atoms with E-state index < -0.39 is 5.97 Å². The summed E-state index contributed by atoms with van der Waals surface area (Å²) in [7, 11) is 0.